The first-order valence-corrected chi connectivity index (χ1v) is 6.34. The van der Waals surface area contributed by atoms with E-state index in [1.54, 1.807) is 10.9 Å². The van der Waals surface area contributed by atoms with Crippen LogP contribution in [0.5, 0.6) is 0 Å². The van der Waals surface area contributed by atoms with Crippen molar-refractivity contribution in [3.8, 4) is 0 Å². The number of nitrogens with one attached hydrogen (secondary N) is 1. The average Bonchev–Trinajstić information content (AvgIpc) is 2.70. The largest absolute Gasteiger partial charge is 0.250 e. The van der Waals surface area contributed by atoms with Crippen molar-refractivity contribution in [1.29, 1.82) is 0 Å². The van der Waals surface area contributed by atoms with Gasteiger partial charge in [-0.1, -0.05) is 43.6 Å². The number of rotatable bonds is 3. The second-order valence-electron chi connectivity index (χ2n) is 4.12. The molecule has 0 spiro atoms. The number of nitrogens with zero attached hydrogens (tertiary/aromatic N) is 3. The standard InChI is InChI=1S/C12H13ClN4S/c1-8(2)11-15-16-12(18)17(11)14-7-9-5-3-4-6-10(9)13/h3-8H,1-2H3,(H,16,18)/b14-7-. The third-order valence-corrected chi connectivity index (χ3v) is 3.02. The Morgan fingerprint density at radius 3 is 2.83 bits per heavy atom. The zero-order valence-corrected chi connectivity index (χ0v) is 11.7. The molecule has 0 saturated heterocycles. The monoisotopic (exact) mass is 280 g/mol. The van der Waals surface area contributed by atoms with Gasteiger partial charge in [-0.05, 0) is 18.3 Å². The Morgan fingerprint density at radius 2 is 2.17 bits per heavy atom. The zero-order valence-electron chi connectivity index (χ0n) is 10.1. The van der Waals surface area contributed by atoms with Crippen molar-refractivity contribution in [2.24, 2.45) is 5.10 Å². The minimum Gasteiger partial charge on any atom is -0.250 e. The van der Waals surface area contributed by atoms with Gasteiger partial charge in [-0.25, -0.2) is 0 Å². The molecule has 2 rings (SSSR count). The zero-order chi connectivity index (χ0) is 13.1. The van der Waals surface area contributed by atoms with Gasteiger partial charge >= 0.3 is 0 Å². The number of hydrogen-bond donors (Lipinski definition) is 1. The summed E-state index contributed by atoms with van der Waals surface area (Å²) in [7, 11) is 0. The topological polar surface area (TPSA) is 46.0 Å². The van der Waals surface area contributed by atoms with Crippen LogP contribution in [0.3, 0.4) is 0 Å². The molecule has 6 heteroatoms. The summed E-state index contributed by atoms with van der Waals surface area (Å²) >= 11 is 11.2. The summed E-state index contributed by atoms with van der Waals surface area (Å²) in [5.41, 5.74) is 0.844. The molecule has 1 N–H and O–H groups in total. The SMILES string of the molecule is CC(C)c1n[nH]c(=S)n1/N=C\c1ccccc1Cl. The molecule has 0 atom stereocenters. The molecule has 1 aromatic carbocycles. The van der Waals surface area contributed by atoms with Crippen molar-refractivity contribution < 1.29 is 0 Å². The van der Waals surface area contributed by atoms with Crippen LogP contribution in [0.15, 0.2) is 29.4 Å². The Kier molecular flexibility index (Phi) is 3.93. The van der Waals surface area contributed by atoms with Crippen molar-refractivity contribution in [2.45, 2.75) is 19.8 Å². The molecule has 4 nitrogen and oxygen atoms in total. The van der Waals surface area contributed by atoms with Gasteiger partial charge in [0.15, 0.2) is 5.82 Å². The van der Waals surface area contributed by atoms with Crippen LogP contribution >= 0.6 is 23.8 Å². The lowest BCUT2D eigenvalue weighted by Crippen LogP contribution is -2.01. The highest BCUT2D eigenvalue weighted by Crippen LogP contribution is 2.14. The molecule has 0 aliphatic carbocycles. The first kappa shape index (κ1) is 13.0. The first-order chi connectivity index (χ1) is 8.59. The third-order valence-electron chi connectivity index (χ3n) is 2.41. The molecule has 1 heterocycles. The lowest BCUT2D eigenvalue weighted by molar-refractivity contribution is 0.695. The van der Waals surface area contributed by atoms with Crippen LogP contribution in [0.1, 0.15) is 31.2 Å². The van der Waals surface area contributed by atoms with E-state index in [1.807, 2.05) is 38.1 Å². The van der Waals surface area contributed by atoms with E-state index in [0.29, 0.717) is 9.79 Å². The molecular weight excluding hydrogens is 268 g/mol. The Balaban J connectivity index is 2.38. The summed E-state index contributed by atoms with van der Waals surface area (Å²) < 4.78 is 2.09. The van der Waals surface area contributed by atoms with Crippen LogP contribution in [0, 0.1) is 4.77 Å². The van der Waals surface area contributed by atoms with Gasteiger partial charge in [-0.15, -0.1) is 0 Å². The van der Waals surface area contributed by atoms with Crippen LogP contribution in [-0.4, -0.2) is 21.1 Å². The normalized spacial score (nSPS) is 11.6. The fourth-order valence-electron chi connectivity index (χ4n) is 1.49. The molecule has 0 unspecified atom stereocenters. The Labute approximate surface area is 115 Å². The van der Waals surface area contributed by atoms with E-state index in [-0.39, 0.29) is 5.92 Å². The Hall–Kier alpha value is -1.46. The van der Waals surface area contributed by atoms with Crippen molar-refractivity contribution in [3.63, 3.8) is 0 Å². The van der Waals surface area contributed by atoms with E-state index in [1.165, 1.54) is 0 Å². The Bertz CT molecular complexity index is 627. The highest BCUT2D eigenvalue weighted by Gasteiger charge is 2.08. The van der Waals surface area contributed by atoms with E-state index < -0.39 is 0 Å². The fourth-order valence-corrected chi connectivity index (χ4v) is 1.86. The lowest BCUT2D eigenvalue weighted by Gasteiger charge is -2.03. The van der Waals surface area contributed by atoms with Crippen LogP contribution in [0.2, 0.25) is 5.02 Å². The summed E-state index contributed by atoms with van der Waals surface area (Å²) in [6, 6.07) is 7.50. The maximum absolute atomic E-state index is 6.06. The predicted molar refractivity (Wildman–Crippen MR) is 75.9 cm³/mol. The number of halogens is 1. The number of benzene rings is 1. The van der Waals surface area contributed by atoms with Gasteiger partial charge in [-0.3, -0.25) is 5.10 Å². The van der Waals surface area contributed by atoms with Crippen molar-refractivity contribution in [3.05, 3.63) is 45.4 Å². The molecule has 0 bridgehead atoms. The van der Waals surface area contributed by atoms with Gasteiger partial charge in [0, 0.05) is 16.5 Å². The van der Waals surface area contributed by atoms with Gasteiger partial charge in [0.1, 0.15) is 0 Å². The molecule has 18 heavy (non-hydrogen) atoms. The minimum atomic E-state index is 0.237. The van der Waals surface area contributed by atoms with Gasteiger partial charge in [0.2, 0.25) is 4.77 Å². The predicted octanol–water partition coefficient (Wildman–Crippen LogP) is 3.60. The molecule has 0 aliphatic heterocycles. The molecule has 0 radical (unpaired) electrons. The first-order valence-electron chi connectivity index (χ1n) is 5.56. The summed E-state index contributed by atoms with van der Waals surface area (Å²) in [5.74, 6) is 1.03. The molecule has 0 saturated carbocycles. The number of hydrogen-bond acceptors (Lipinski definition) is 3. The summed E-state index contributed by atoms with van der Waals surface area (Å²) in [6.07, 6.45) is 1.68. The number of aromatic nitrogens is 3. The minimum absolute atomic E-state index is 0.237. The second-order valence-corrected chi connectivity index (χ2v) is 4.91. The maximum Gasteiger partial charge on any atom is 0.216 e. The van der Waals surface area contributed by atoms with E-state index in [4.69, 9.17) is 23.8 Å². The highest BCUT2D eigenvalue weighted by atomic mass is 35.5. The molecule has 0 amide bonds. The fraction of sp³-hybridized carbons (Fsp3) is 0.250. The molecule has 94 valence electrons. The average molecular weight is 281 g/mol. The quantitative estimate of drug-likeness (QED) is 0.690. The van der Waals surface area contributed by atoms with Crippen molar-refractivity contribution in [1.82, 2.24) is 14.9 Å². The smallest absolute Gasteiger partial charge is 0.216 e. The molecular formula is C12H13ClN4S. The molecule has 2 aromatic rings. The van der Waals surface area contributed by atoms with Gasteiger partial charge in [0.25, 0.3) is 0 Å². The van der Waals surface area contributed by atoms with E-state index in [0.717, 1.165) is 11.4 Å². The van der Waals surface area contributed by atoms with E-state index in [2.05, 4.69) is 15.3 Å². The second kappa shape index (κ2) is 5.46. The van der Waals surface area contributed by atoms with Crippen LogP contribution in [0.4, 0.5) is 0 Å². The molecule has 0 fully saturated rings. The lowest BCUT2D eigenvalue weighted by atomic mass is 10.2. The maximum atomic E-state index is 6.06. The van der Waals surface area contributed by atoms with Crippen LogP contribution < -0.4 is 0 Å². The van der Waals surface area contributed by atoms with Crippen LogP contribution in [0.25, 0.3) is 0 Å². The van der Waals surface area contributed by atoms with Crippen LogP contribution in [-0.2, 0) is 0 Å². The van der Waals surface area contributed by atoms with Gasteiger partial charge in [0.05, 0.1) is 6.21 Å². The summed E-state index contributed by atoms with van der Waals surface area (Å²) in [6.45, 7) is 4.07. The summed E-state index contributed by atoms with van der Waals surface area (Å²) in [4.78, 5) is 0. The number of H-pyrrole nitrogens is 1. The Morgan fingerprint density at radius 1 is 1.44 bits per heavy atom. The third kappa shape index (κ3) is 2.68. The highest BCUT2D eigenvalue weighted by molar-refractivity contribution is 7.71. The summed E-state index contributed by atoms with van der Waals surface area (Å²) in [5, 5.41) is 11.9. The molecule has 1 aromatic heterocycles. The van der Waals surface area contributed by atoms with E-state index in [9.17, 15) is 0 Å². The van der Waals surface area contributed by atoms with Crippen molar-refractivity contribution >= 4 is 30.0 Å². The number of aromatic amines is 1. The van der Waals surface area contributed by atoms with Gasteiger partial charge in [-0.2, -0.15) is 14.9 Å². The van der Waals surface area contributed by atoms with E-state index >= 15 is 0 Å². The van der Waals surface area contributed by atoms with Gasteiger partial charge < -0.3 is 0 Å². The molecule has 0 aliphatic rings. The van der Waals surface area contributed by atoms with Crippen molar-refractivity contribution in [2.75, 3.05) is 0 Å².